The van der Waals surface area contributed by atoms with Crippen molar-refractivity contribution in [2.24, 2.45) is 0 Å². The third-order valence-electron chi connectivity index (χ3n) is 6.35. The first-order valence-corrected chi connectivity index (χ1v) is 12.3. The number of aryl methyl sites for hydroxylation is 1. The Kier molecular flexibility index (Phi) is 6.86. The second-order valence-corrected chi connectivity index (χ2v) is 10.0. The number of pyridine rings is 1. The fraction of sp³-hybridized carbons (Fsp3) is 0.440. The highest BCUT2D eigenvalue weighted by atomic mass is 32.1. The van der Waals surface area contributed by atoms with Crippen molar-refractivity contribution in [2.45, 2.75) is 58.7 Å². The van der Waals surface area contributed by atoms with E-state index in [4.69, 9.17) is 4.74 Å². The number of benzene rings is 1. The van der Waals surface area contributed by atoms with Crippen LogP contribution in [0.15, 0.2) is 35.3 Å². The standard InChI is InChI=1S/C25H30N4O4S/c1-6-19(33-5)18-13-28(14(2)3)25(32)21-23(31)22(30)17(12-29(18)21)24-27-26-20(34-24)11-16-9-7-15(4)8-10-16/h7-10,12,14,18-19,31H,6,11,13H2,1-5H3/t18-,19?/m1/s1. The van der Waals surface area contributed by atoms with Crippen LogP contribution in [0.25, 0.3) is 10.6 Å². The molecule has 1 aromatic carbocycles. The minimum Gasteiger partial charge on any atom is -0.503 e. The van der Waals surface area contributed by atoms with Gasteiger partial charge in [0.05, 0.1) is 17.7 Å². The SMILES string of the molecule is CCC(OC)[C@H]1CN(C(C)C)C(=O)c2c(O)c(=O)c(-c3nnc(Cc4ccc(C)cc4)s3)cn21. The van der Waals surface area contributed by atoms with Crippen LogP contribution in [0.5, 0.6) is 5.75 Å². The summed E-state index contributed by atoms with van der Waals surface area (Å²) in [7, 11) is 1.63. The maximum atomic E-state index is 13.2. The third-order valence-corrected chi connectivity index (χ3v) is 7.30. The van der Waals surface area contributed by atoms with E-state index in [-0.39, 0.29) is 35.4 Å². The van der Waals surface area contributed by atoms with Gasteiger partial charge < -0.3 is 19.3 Å². The van der Waals surface area contributed by atoms with E-state index < -0.39 is 11.2 Å². The average molecular weight is 483 g/mol. The molecule has 0 fully saturated rings. The molecule has 34 heavy (non-hydrogen) atoms. The minimum absolute atomic E-state index is 0.00130. The Morgan fingerprint density at radius 2 is 1.91 bits per heavy atom. The Morgan fingerprint density at radius 1 is 1.21 bits per heavy atom. The minimum atomic E-state index is -0.618. The molecule has 3 aromatic rings. The van der Waals surface area contributed by atoms with Crippen molar-refractivity contribution in [1.82, 2.24) is 19.7 Å². The number of aromatic hydroxyl groups is 1. The first-order chi connectivity index (χ1) is 16.2. The van der Waals surface area contributed by atoms with E-state index in [0.29, 0.717) is 24.4 Å². The number of aromatic nitrogens is 3. The number of amides is 1. The molecule has 180 valence electrons. The molecule has 4 rings (SSSR count). The molecule has 9 heteroatoms. The fourth-order valence-electron chi connectivity index (χ4n) is 4.41. The van der Waals surface area contributed by atoms with E-state index in [0.717, 1.165) is 10.6 Å². The van der Waals surface area contributed by atoms with Crippen molar-refractivity contribution in [3.05, 3.63) is 62.5 Å². The van der Waals surface area contributed by atoms with Gasteiger partial charge in [-0.25, -0.2) is 0 Å². The molecule has 2 atom stereocenters. The average Bonchev–Trinajstić information content (AvgIpc) is 3.27. The predicted octanol–water partition coefficient (Wildman–Crippen LogP) is 3.80. The molecule has 0 aliphatic carbocycles. The zero-order valence-electron chi connectivity index (χ0n) is 20.1. The summed E-state index contributed by atoms with van der Waals surface area (Å²) in [5.41, 5.74) is 1.89. The van der Waals surface area contributed by atoms with Crippen LogP contribution in [-0.2, 0) is 11.2 Å². The van der Waals surface area contributed by atoms with Gasteiger partial charge in [0.2, 0.25) is 5.43 Å². The molecule has 1 aliphatic heterocycles. The van der Waals surface area contributed by atoms with E-state index in [1.807, 2.05) is 52.0 Å². The molecule has 1 amide bonds. The number of carbonyl (C=O) groups excluding carboxylic acids is 1. The van der Waals surface area contributed by atoms with Crippen LogP contribution >= 0.6 is 11.3 Å². The van der Waals surface area contributed by atoms with Crippen molar-refractivity contribution in [2.75, 3.05) is 13.7 Å². The molecule has 0 bridgehead atoms. The number of carbonyl (C=O) groups is 1. The van der Waals surface area contributed by atoms with Gasteiger partial charge >= 0.3 is 0 Å². The molecule has 1 N–H and O–H groups in total. The van der Waals surface area contributed by atoms with Gasteiger partial charge in [-0.1, -0.05) is 48.1 Å². The molecular formula is C25H30N4O4S. The smallest absolute Gasteiger partial charge is 0.274 e. The third kappa shape index (κ3) is 4.37. The van der Waals surface area contributed by atoms with Gasteiger partial charge in [-0.15, -0.1) is 10.2 Å². The van der Waals surface area contributed by atoms with Crippen LogP contribution in [-0.4, -0.2) is 56.5 Å². The highest BCUT2D eigenvalue weighted by Gasteiger charge is 2.39. The van der Waals surface area contributed by atoms with Crippen LogP contribution in [0, 0.1) is 6.92 Å². The van der Waals surface area contributed by atoms with Gasteiger partial charge in [0, 0.05) is 32.3 Å². The summed E-state index contributed by atoms with van der Waals surface area (Å²) < 4.78 is 7.41. The number of hydrogen-bond donors (Lipinski definition) is 1. The zero-order valence-corrected chi connectivity index (χ0v) is 20.9. The highest BCUT2D eigenvalue weighted by molar-refractivity contribution is 7.14. The van der Waals surface area contributed by atoms with Gasteiger partial charge in [-0.05, 0) is 32.8 Å². The second kappa shape index (κ2) is 9.68. The molecular weight excluding hydrogens is 452 g/mol. The van der Waals surface area contributed by atoms with E-state index in [2.05, 4.69) is 10.2 Å². The van der Waals surface area contributed by atoms with E-state index >= 15 is 0 Å². The maximum Gasteiger partial charge on any atom is 0.274 e. The van der Waals surface area contributed by atoms with E-state index in [1.165, 1.54) is 16.9 Å². The number of fused-ring (bicyclic) bond motifs is 1. The maximum absolute atomic E-state index is 13.2. The summed E-state index contributed by atoms with van der Waals surface area (Å²) in [4.78, 5) is 28.0. The number of ether oxygens (including phenoxy) is 1. The molecule has 3 heterocycles. The Hall–Kier alpha value is -3.04. The van der Waals surface area contributed by atoms with Crippen LogP contribution < -0.4 is 5.43 Å². The lowest BCUT2D eigenvalue weighted by Crippen LogP contribution is -2.50. The Morgan fingerprint density at radius 3 is 2.53 bits per heavy atom. The molecule has 0 radical (unpaired) electrons. The summed E-state index contributed by atoms with van der Waals surface area (Å²) in [5.74, 6) is -0.922. The molecule has 1 aliphatic rings. The first-order valence-electron chi connectivity index (χ1n) is 11.4. The lowest BCUT2D eigenvalue weighted by atomic mass is 10.0. The summed E-state index contributed by atoms with van der Waals surface area (Å²) in [5, 5.41) is 20.6. The largest absolute Gasteiger partial charge is 0.503 e. The monoisotopic (exact) mass is 482 g/mol. The molecule has 0 spiro atoms. The van der Waals surface area contributed by atoms with E-state index in [9.17, 15) is 14.7 Å². The topological polar surface area (TPSA) is 97.6 Å². The van der Waals surface area contributed by atoms with Crippen molar-refractivity contribution in [1.29, 1.82) is 0 Å². The van der Waals surface area contributed by atoms with Crippen molar-refractivity contribution in [3.63, 3.8) is 0 Å². The second-order valence-electron chi connectivity index (χ2n) is 8.94. The molecule has 0 saturated carbocycles. The lowest BCUT2D eigenvalue weighted by molar-refractivity contribution is 0.0180. The van der Waals surface area contributed by atoms with Gasteiger partial charge in [-0.2, -0.15) is 0 Å². The van der Waals surface area contributed by atoms with Crippen LogP contribution in [0.1, 0.15) is 59.9 Å². The number of methoxy groups -OCH3 is 1. The normalized spacial score (nSPS) is 16.7. The summed E-state index contributed by atoms with van der Waals surface area (Å²) in [6.45, 7) is 8.30. The van der Waals surface area contributed by atoms with E-state index in [1.54, 1.807) is 22.8 Å². The van der Waals surface area contributed by atoms with Crippen molar-refractivity contribution >= 4 is 17.2 Å². The predicted molar refractivity (Wildman–Crippen MR) is 132 cm³/mol. The first kappa shape index (κ1) is 24.1. The van der Waals surface area contributed by atoms with Gasteiger partial charge in [0.25, 0.3) is 5.91 Å². The number of nitrogens with zero attached hydrogens (tertiary/aromatic N) is 4. The number of rotatable bonds is 7. The van der Waals surface area contributed by atoms with Gasteiger partial charge in [0.1, 0.15) is 5.01 Å². The Balaban J connectivity index is 1.78. The van der Waals surface area contributed by atoms with Crippen LogP contribution in [0.2, 0.25) is 0 Å². The highest BCUT2D eigenvalue weighted by Crippen LogP contribution is 2.34. The molecule has 8 nitrogen and oxygen atoms in total. The lowest BCUT2D eigenvalue weighted by Gasteiger charge is -2.41. The Bertz CT molecular complexity index is 1240. The van der Waals surface area contributed by atoms with Crippen molar-refractivity contribution in [3.8, 4) is 16.3 Å². The van der Waals surface area contributed by atoms with Crippen LogP contribution in [0.4, 0.5) is 0 Å². The quantitative estimate of drug-likeness (QED) is 0.550. The van der Waals surface area contributed by atoms with Crippen LogP contribution in [0.3, 0.4) is 0 Å². The summed E-state index contributed by atoms with van der Waals surface area (Å²) in [6, 6.07) is 7.84. The summed E-state index contributed by atoms with van der Waals surface area (Å²) >= 11 is 1.31. The number of hydrogen-bond acceptors (Lipinski definition) is 7. The van der Waals surface area contributed by atoms with Crippen molar-refractivity contribution < 1.29 is 14.6 Å². The molecule has 1 unspecified atom stereocenters. The fourth-order valence-corrected chi connectivity index (χ4v) is 5.29. The zero-order chi connectivity index (χ0) is 24.6. The Labute approximate surface area is 202 Å². The van der Waals surface area contributed by atoms with Gasteiger partial charge in [-0.3, -0.25) is 9.59 Å². The summed E-state index contributed by atoms with van der Waals surface area (Å²) in [6.07, 6.45) is 2.74. The molecule has 2 aromatic heterocycles. The molecule has 0 saturated heterocycles. The van der Waals surface area contributed by atoms with Gasteiger partial charge in [0.15, 0.2) is 16.5 Å².